The van der Waals surface area contributed by atoms with Crippen molar-refractivity contribution in [1.29, 1.82) is 0 Å². The average molecular weight is 512 g/mol. The lowest BCUT2D eigenvalue weighted by molar-refractivity contribution is -0.139. The number of aromatic hydroxyl groups is 1. The zero-order chi connectivity index (χ0) is 27.1. The molecule has 1 atom stereocenters. The molecule has 3 aromatic carbocycles. The van der Waals surface area contributed by atoms with Gasteiger partial charge in [0.2, 0.25) is 0 Å². The van der Waals surface area contributed by atoms with E-state index >= 15 is 0 Å². The van der Waals surface area contributed by atoms with Gasteiger partial charge in [0, 0.05) is 24.1 Å². The van der Waals surface area contributed by atoms with E-state index in [-0.39, 0.29) is 35.3 Å². The van der Waals surface area contributed by atoms with E-state index in [0.29, 0.717) is 23.2 Å². The Hall–Kier alpha value is -5.25. The van der Waals surface area contributed by atoms with E-state index in [2.05, 4.69) is 20.6 Å². The van der Waals surface area contributed by atoms with Crippen molar-refractivity contribution in [3.8, 4) is 17.0 Å². The van der Waals surface area contributed by atoms with Gasteiger partial charge in [0.1, 0.15) is 11.8 Å². The van der Waals surface area contributed by atoms with Gasteiger partial charge < -0.3 is 26.6 Å². The number of benzene rings is 3. The van der Waals surface area contributed by atoms with E-state index in [1.807, 2.05) is 30.3 Å². The summed E-state index contributed by atoms with van der Waals surface area (Å²) < 4.78 is 0. The second-order valence-corrected chi connectivity index (χ2v) is 8.47. The molecule has 0 radical (unpaired) electrons. The number of carbonyl (C=O) groups is 3. The summed E-state index contributed by atoms with van der Waals surface area (Å²) in [5.41, 5.74) is 8.42. The van der Waals surface area contributed by atoms with Crippen molar-refractivity contribution in [2.45, 2.75) is 19.0 Å². The first-order chi connectivity index (χ1) is 18.3. The molecule has 4 aromatic rings. The molecule has 192 valence electrons. The van der Waals surface area contributed by atoms with Crippen molar-refractivity contribution in [3.05, 3.63) is 107 Å². The molecule has 4 rings (SSSR count). The fourth-order valence-corrected chi connectivity index (χ4v) is 3.70. The second-order valence-electron chi connectivity index (χ2n) is 8.47. The molecule has 0 saturated carbocycles. The summed E-state index contributed by atoms with van der Waals surface area (Å²) in [4.78, 5) is 45.8. The van der Waals surface area contributed by atoms with Crippen LogP contribution in [0.2, 0.25) is 0 Å². The first-order valence-corrected chi connectivity index (χ1v) is 11.7. The van der Waals surface area contributed by atoms with Crippen LogP contribution in [0.3, 0.4) is 0 Å². The Morgan fingerprint density at radius 2 is 1.63 bits per heavy atom. The van der Waals surface area contributed by atoms with Gasteiger partial charge in [-0.1, -0.05) is 54.6 Å². The summed E-state index contributed by atoms with van der Waals surface area (Å²) in [5, 5.41) is 24.3. The molecule has 10 nitrogen and oxygen atoms in total. The minimum absolute atomic E-state index is 0.0193. The maximum atomic E-state index is 12.9. The lowest BCUT2D eigenvalue weighted by Gasteiger charge is -2.15. The van der Waals surface area contributed by atoms with Gasteiger partial charge in [0.15, 0.2) is 11.5 Å². The molecule has 10 heteroatoms. The van der Waals surface area contributed by atoms with Crippen molar-refractivity contribution in [2.75, 3.05) is 5.73 Å². The zero-order valence-electron chi connectivity index (χ0n) is 20.2. The van der Waals surface area contributed by atoms with Crippen molar-refractivity contribution in [3.63, 3.8) is 0 Å². The maximum Gasteiger partial charge on any atom is 0.326 e. The Balaban J connectivity index is 1.50. The van der Waals surface area contributed by atoms with Crippen LogP contribution in [0.4, 0.5) is 5.82 Å². The number of rotatable bonds is 9. The quantitative estimate of drug-likeness (QED) is 0.229. The van der Waals surface area contributed by atoms with E-state index in [9.17, 15) is 24.6 Å². The Bertz CT molecular complexity index is 1460. The highest BCUT2D eigenvalue weighted by Gasteiger charge is 2.24. The number of phenols is 1. The molecule has 1 heterocycles. The van der Waals surface area contributed by atoms with Crippen LogP contribution in [0, 0.1) is 0 Å². The highest BCUT2D eigenvalue weighted by molar-refractivity contribution is 5.99. The number of aliphatic carboxylic acids is 1. The lowest BCUT2D eigenvalue weighted by atomic mass is 10.1. The first kappa shape index (κ1) is 25.8. The van der Waals surface area contributed by atoms with Gasteiger partial charge in [0.05, 0.1) is 11.9 Å². The Morgan fingerprint density at radius 3 is 2.34 bits per heavy atom. The average Bonchev–Trinajstić information content (AvgIpc) is 2.93. The van der Waals surface area contributed by atoms with Crippen LogP contribution in [0.5, 0.6) is 5.75 Å². The molecule has 1 aromatic heterocycles. The number of hydrogen-bond donors (Lipinski definition) is 5. The number of nitrogen functional groups attached to an aromatic ring is 1. The smallest absolute Gasteiger partial charge is 0.326 e. The van der Waals surface area contributed by atoms with Gasteiger partial charge in [-0.05, 0) is 35.4 Å². The number of carboxylic acid groups (broad SMARTS) is 1. The van der Waals surface area contributed by atoms with Gasteiger partial charge in [-0.25, -0.2) is 14.8 Å². The number of nitrogens with zero attached hydrogens (tertiary/aromatic N) is 2. The summed E-state index contributed by atoms with van der Waals surface area (Å²) in [6, 6.07) is 20.9. The molecular formula is C28H25N5O5. The summed E-state index contributed by atoms with van der Waals surface area (Å²) in [7, 11) is 0. The van der Waals surface area contributed by atoms with Crippen molar-refractivity contribution >= 4 is 23.6 Å². The third kappa shape index (κ3) is 6.49. The maximum absolute atomic E-state index is 12.9. The predicted octanol–water partition coefficient (Wildman–Crippen LogP) is 2.79. The third-order valence-corrected chi connectivity index (χ3v) is 5.71. The summed E-state index contributed by atoms with van der Waals surface area (Å²) in [5.74, 6) is -2.46. The van der Waals surface area contributed by atoms with E-state index in [1.165, 1.54) is 18.3 Å². The van der Waals surface area contributed by atoms with Crippen LogP contribution in [0.1, 0.15) is 32.0 Å². The van der Waals surface area contributed by atoms with E-state index in [0.717, 1.165) is 5.56 Å². The molecule has 0 bridgehead atoms. The van der Waals surface area contributed by atoms with Crippen molar-refractivity contribution in [1.82, 2.24) is 20.6 Å². The molecule has 0 saturated heterocycles. The molecule has 0 aliphatic rings. The van der Waals surface area contributed by atoms with E-state index in [4.69, 9.17) is 5.73 Å². The van der Waals surface area contributed by atoms with Crippen LogP contribution >= 0.6 is 0 Å². The van der Waals surface area contributed by atoms with Gasteiger partial charge in [0.25, 0.3) is 11.8 Å². The third-order valence-electron chi connectivity index (χ3n) is 5.71. The fraction of sp³-hybridized carbons (Fsp3) is 0.107. The van der Waals surface area contributed by atoms with Crippen LogP contribution in [-0.4, -0.2) is 44.0 Å². The van der Waals surface area contributed by atoms with Crippen LogP contribution in [0.25, 0.3) is 11.3 Å². The number of aromatic nitrogens is 2. The highest BCUT2D eigenvalue weighted by atomic mass is 16.4. The predicted molar refractivity (Wildman–Crippen MR) is 140 cm³/mol. The van der Waals surface area contributed by atoms with Gasteiger partial charge in [-0.3, -0.25) is 9.59 Å². The number of amides is 2. The Labute approximate surface area is 218 Å². The molecular weight excluding hydrogens is 486 g/mol. The minimum atomic E-state index is -1.27. The lowest BCUT2D eigenvalue weighted by Crippen LogP contribution is -2.43. The van der Waals surface area contributed by atoms with Gasteiger partial charge >= 0.3 is 5.97 Å². The molecule has 2 amide bonds. The first-order valence-electron chi connectivity index (χ1n) is 11.7. The summed E-state index contributed by atoms with van der Waals surface area (Å²) >= 11 is 0. The molecule has 38 heavy (non-hydrogen) atoms. The standard InChI is InChI=1S/C28H25N5O5/c29-25-24(27(36)33-22(28(37)38)13-17-9-11-21(34)12-10-17)32-23(16-30-25)19-7-4-8-20(14-19)26(35)31-15-18-5-2-1-3-6-18/h1-12,14,16,22,34H,13,15H2,(H2,29,30)(H,31,35)(H,33,36)(H,37,38)/t22-/m1/s1. The molecule has 0 aliphatic carbocycles. The van der Waals surface area contributed by atoms with Gasteiger partial charge in [-0.15, -0.1) is 0 Å². The second kappa shape index (κ2) is 11.7. The van der Waals surface area contributed by atoms with Gasteiger partial charge in [-0.2, -0.15) is 0 Å². The van der Waals surface area contributed by atoms with E-state index < -0.39 is 17.9 Å². The molecule has 0 spiro atoms. The van der Waals surface area contributed by atoms with Crippen molar-refractivity contribution < 1.29 is 24.6 Å². The summed E-state index contributed by atoms with van der Waals surface area (Å²) in [6.45, 7) is 0.366. The monoisotopic (exact) mass is 511 g/mol. The number of carboxylic acids is 1. The molecule has 0 aliphatic heterocycles. The van der Waals surface area contributed by atoms with Crippen molar-refractivity contribution in [2.24, 2.45) is 0 Å². The topological polar surface area (TPSA) is 168 Å². The molecule has 0 unspecified atom stereocenters. The number of carbonyl (C=O) groups excluding carboxylic acids is 2. The fourth-order valence-electron chi connectivity index (χ4n) is 3.70. The number of nitrogens with two attached hydrogens (primary N) is 1. The minimum Gasteiger partial charge on any atom is -0.508 e. The normalized spacial score (nSPS) is 11.4. The molecule has 6 N–H and O–H groups in total. The zero-order valence-corrected chi connectivity index (χ0v) is 20.2. The molecule has 0 fully saturated rings. The number of nitrogens with one attached hydrogen (secondary N) is 2. The number of hydrogen-bond acceptors (Lipinski definition) is 7. The largest absolute Gasteiger partial charge is 0.508 e. The number of phenolic OH excluding ortho intramolecular Hbond substituents is 1. The SMILES string of the molecule is Nc1ncc(-c2cccc(C(=O)NCc3ccccc3)c2)nc1C(=O)N[C@H](Cc1ccc(O)cc1)C(=O)O. The Kier molecular flexibility index (Phi) is 7.92. The number of anilines is 1. The highest BCUT2D eigenvalue weighted by Crippen LogP contribution is 2.20. The Morgan fingerprint density at radius 1 is 0.895 bits per heavy atom. The van der Waals surface area contributed by atoms with Crippen LogP contribution in [-0.2, 0) is 17.8 Å². The van der Waals surface area contributed by atoms with Crippen LogP contribution < -0.4 is 16.4 Å². The van der Waals surface area contributed by atoms with Crippen LogP contribution in [0.15, 0.2) is 85.1 Å². The summed E-state index contributed by atoms with van der Waals surface area (Å²) in [6.07, 6.45) is 1.35. The van der Waals surface area contributed by atoms with E-state index in [1.54, 1.807) is 36.4 Å².